The van der Waals surface area contributed by atoms with E-state index in [9.17, 15) is 8.42 Å². The van der Waals surface area contributed by atoms with Gasteiger partial charge in [-0.25, -0.2) is 8.42 Å². The third-order valence-corrected chi connectivity index (χ3v) is 4.16. The van der Waals surface area contributed by atoms with Gasteiger partial charge in [-0.05, 0) is 12.1 Å². The first-order chi connectivity index (χ1) is 8.49. The molecule has 94 valence electrons. The number of anilines is 1. The van der Waals surface area contributed by atoms with E-state index in [-0.39, 0.29) is 9.88 Å². The molecule has 0 saturated carbocycles. The van der Waals surface area contributed by atoms with Crippen molar-refractivity contribution in [1.29, 1.82) is 0 Å². The average molecular weight is 301 g/mol. The lowest BCUT2D eigenvalue weighted by atomic mass is 10.3. The molecule has 18 heavy (non-hydrogen) atoms. The molecule has 0 amide bonds. The summed E-state index contributed by atoms with van der Waals surface area (Å²) in [5.74, 6) is 0. The standard InChI is InChI=1S/C8H7N5O2S3/c9-8(16)6-2-1-5(3-10-6)18(14,15)12-7-4-11-13-17-7/h1-4,12H,(H2,9,16). The predicted octanol–water partition coefficient (Wildman–Crippen LogP) is 0.368. The van der Waals surface area contributed by atoms with Gasteiger partial charge in [0.25, 0.3) is 10.0 Å². The van der Waals surface area contributed by atoms with Crippen LogP contribution in [-0.4, -0.2) is 28.0 Å². The van der Waals surface area contributed by atoms with E-state index in [0.29, 0.717) is 10.7 Å². The van der Waals surface area contributed by atoms with Crippen molar-refractivity contribution >= 4 is 43.8 Å². The zero-order valence-electron chi connectivity index (χ0n) is 8.77. The fourth-order valence-electron chi connectivity index (χ4n) is 1.09. The Morgan fingerprint density at radius 3 is 2.67 bits per heavy atom. The van der Waals surface area contributed by atoms with Crippen LogP contribution in [-0.2, 0) is 10.0 Å². The average Bonchev–Trinajstić information content (AvgIpc) is 2.81. The van der Waals surface area contributed by atoms with E-state index in [0.717, 1.165) is 11.5 Å². The Hall–Kier alpha value is -1.65. The summed E-state index contributed by atoms with van der Waals surface area (Å²) in [5, 5.41) is 3.86. The molecule has 3 N–H and O–H groups in total. The second kappa shape index (κ2) is 4.92. The number of thiocarbonyl (C=S) groups is 1. The van der Waals surface area contributed by atoms with Gasteiger partial charge in [0, 0.05) is 17.7 Å². The number of nitrogens with zero attached hydrogens (tertiary/aromatic N) is 3. The zero-order chi connectivity index (χ0) is 13.2. The number of nitrogens with two attached hydrogens (primary N) is 1. The third kappa shape index (κ3) is 2.78. The highest BCUT2D eigenvalue weighted by Gasteiger charge is 2.16. The maximum absolute atomic E-state index is 11.9. The first-order valence-corrected chi connectivity index (χ1v) is 7.21. The summed E-state index contributed by atoms with van der Waals surface area (Å²) in [7, 11) is -3.69. The number of pyridine rings is 1. The molecule has 0 spiro atoms. The van der Waals surface area contributed by atoms with E-state index in [1.165, 1.54) is 24.5 Å². The van der Waals surface area contributed by atoms with Crippen molar-refractivity contribution < 1.29 is 8.42 Å². The molecule has 0 fully saturated rings. The Kier molecular flexibility index (Phi) is 3.50. The van der Waals surface area contributed by atoms with Crippen LogP contribution < -0.4 is 10.5 Å². The molecule has 0 unspecified atom stereocenters. The summed E-state index contributed by atoms with van der Waals surface area (Å²) < 4.78 is 29.7. The fourth-order valence-corrected chi connectivity index (χ4v) is 2.84. The molecule has 0 saturated heterocycles. The number of nitrogens with one attached hydrogen (secondary N) is 1. The summed E-state index contributed by atoms with van der Waals surface area (Å²) in [6, 6.07) is 2.82. The second-order valence-electron chi connectivity index (χ2n) is 3.13. The van der Waals surface area contributed by atoms with E-state index in [2.05, 4.69) is 19.3 Å². The van der Waals surface area contributed by atoms with Gasteiger partial charge in [-0.1, -0.05) is 16.7 Å². The Morgan fingerprint density at radius 1 is 1.39 bits per heavy atom. The van der Waals surface area contributed by atoms with Gasteiger partial charge in [-0.15, -0.1) is 5.10 Å². The van der Waals surface area contributed by atoms with Crippen LogP contribution in [0.5, 0.6) is 0 Å². The summed E-state index contributed by atoms with van der Waals surface area (Å²) in [5.41, 5.74) is 5.74. The highest BCUT2D eigenvalue weighted by atomic mass is 32.2. The van der Waals surface area contributed by atoms with Gasteiger partial charge < -0.3 is 5.73 Å². The van der Waals surface area contributed by atoms with Crippen LogP contribution in [0.15, 0.2) is 29.4 Å². The maximum atomic E-state index is 11.9. The van der Waals surface area contributed by atoms with E-state index < -0.39 is 10.0 Å². The molecule has 10 heteroatoms. The number of hydrogen-bond acceptors (Lipinski definition) is 7. The summed E-state index contributed by atoms with van der Waals surface area (Å²) in [6.45, 7) is 0. The summed E-state index contributed by atoms with van der Waals surface area (Å²) in [6.07, 6.45) is 2.50. The van der Waals surface area contributed by atoms with Gasteiger partial charge in [0.05, 0.1) is 11.9 Å². The molecule has 0 aromatic carbocycles. The van der Waals surface area contributed by atoms with Crippen molar-refractivity contribution in [1.82, 2.24) is 14.6 Å². The van der Waals surface area contributed by atoms with Crippen molar-refractivity contribution in [2.45, 2.75) is 4.90 Å². The summed E-state index contributed by atoms with van der Waals surface area (Å²) >= 11 is 5.67. The highest BCUT2D eigenvalue weighted by Crippen LogP contribution is 2.16. The van der Waals surface area contributed by atoms with Crippen LogP contribution in [0.2, 0.25) is 0 Å². The lowest BCUT2D eigenvalue weighted by Crippen LogP contribution is -2.15. The molecule has 0 aliphatic heterocycles. The normalized spacial score (nSPS) is 11.1. The molecule has 2 aromatic heterocycles. The van der Waals surface area contributed by atoms with Gasteiger partial charge in [0.1, 0.15) is 14.9 Å². The summed E-state index contributed by atoms with van der Waals surface area (Å²) in [4.78, 5) is 3.98. The largest absolute Gasteiger partial charge is 0.388 e. The van der Waals surface area contributed by atoms with Crippen LogP contribution in [0.4, 0.5) is 5.00 Å². The van der Waals surface area contributed by atoms with Crippen molar-refractivity contribution in [3.8, 4) is 0 Å². The minimum absolute atomic E-state index is 0.0101. The van der Waals surface area contributed by atoms with Crippen LogP contribution in [0.1, 0.15) is 5.69 Å². The van der Waals surface area contributed by atoms with Gasteiger partial charge in [0.2, 0.25) is 0 Å². The van der Waals surface area contributed by atoms with Crippen LogP contribution in [0, 0.1) is 0 Å². The Morgan fingerprint density at radius 2 is 2.17 bits per heavy atom. The molecule has 7 nitrogen and oxygen atoms in total. The Bertz CT molecular complexity index is 651. The third-order valence-electron chi connectivity index (χ3n) is 1.90. The topological polar surface area (TPSA) is 111 Å². The molecule has 0 atom stereocenters. The van der Waals surface area contributed by atoms with Crippen LogP contribution in [0.25, 0.3) is 0 Å². The molecule has 2 rings (SSSR count). The maximum Gasteiger partial charge on any atom is 0.264 e. The van der Waals surface area contributed by atoms with E-state index in [1.54, 1.807) is 0 Å². The number of rotatable bonds is 4. The minimum atomic E-state index is -3.69. The first-order valence-electron chi connectivity index (χ1n) is 4.55. The van der Waals surface area contributed by atoms with E-state index in [1.807, 2.05) is 0 Å². The van der Waals surface area contributed by atoms with Crippen molar-refractivity contribution in [2.24, 2.45) is 5.73 Å². The molecule has 2 aromatic rings. The fraction of sp³-hybridized carbons (Fsp3) is 0. The molecule has 0 aliphatic carbocycles. The van der Waals surface area contributed by atoms with Crippen molar-refractivity contribution in [3.63, 3.8) is 0 Å². The van der Waals surface area contributed by atoms with Gasteiger partial charge >= 0.3 is 0 Å². The second-order valence-corrected chi connectivity index (χ2v) is 6.04. The van der Waals surface area contributed by atoms with E-state index >= 15 is 0 Å². The van der Waals surface area contributed by atoms with Crippen LogP contribution >= 0.6 is 23.8 Å². The minimum Gasteiger partial charge on any atom is -0.388 e. The molecular formula is C8H7N5O2S3. The smallest absolute Gasteiger partial charge is 0.264 e. The number of sulfonamides is 1. The predicted molar refractivity (Wildman–Crippen MR) is 70.8 cm³/mol. The van der Waals surface area contributed by atoms with Crippen LogP contribution in [0.3, 0.4) is 0 Å². The lowest BCUT2D eigenvalue weighted by molar-refractivity contribution is 0.601. The monoisotopic (exact) mass is 301 g/mol. The molecule has 0 aliphatic rings. The van der Waals surface area contributed by atoms with Gasteiger partial charge in [-0.2, -0.15) is 0 Å². The van der Waals surface area contributed by atoms with Gasteiger partial charge in [0.15, 0.2) is 0 Å². The van der Waals surface area contributed by atoms with Crippen molar-refractivity contribution in [3.05, 3.63) is 30.2 Å². The SMILES string of the molecule is NC(=S)c1ccc(S(=O)(=O)Nc2cnns2)cn1. The van der Waals surface area contributed by atoms with Crippen molar-refractivity contribution in [2.75, 3.05) is 4.72 Å². The molecule has 0 radical (unpaired) electrons. The number of hydrogen-bond donors (Lipinski definition) is 2. The van der Waals surface area contributed by atoms with E-state index in [4.69, 9.17) is 18.0 Å². The Balaban J connectivity index is 2.27. The lowest BCUT2D eigenvalue weighted by Gasteiger charge is -2.05. The molecule has 2 heterocycles. The Labute approximate surface area is 112 Å². The number of aromatic nitrogens is 3. The van der Waals surface area contributed by atoms with Gasteiger partial charge in [-0.3, -0.25) is 9.71 Å². The quantitative estimate of drug-likeness (QED) is 0.785. The highest BCUT2D eigenvalue weighted by molar-refractivity contribution is 7.93. The first kappa shape index (κ1) is 12.8. The molecule has 0 bridgehead atoms. The molecular weight excluding hydrogens is 294 g/mol. The zero-order valence-corrected chi connectivity index (χ0v) is 11.2.